The number of carbonyl (C=O) groups excluding carboxylic acids is 3. The van der Waals surface area contributed by atoms with Gasteiger partial charge in [-0.2, -0.15) is 0 Å². The molecule has 10 nitrogen and oxygen atoms in total. The third-order valence-corrected chi connectivity index (χ3v) is 13.9. The lowest BCUT2D eigenvalue weighted by atomic mass is 9.86. The number of hydrogen-bond acceptors (Lipinski definition) is 9. The van der Waals surface area contributed by atoms with Crippen molar-refractivity contribution in [2.24, 2.45) is 5.92 Å². The highest BCUT2D eigenvalue weighted by Crippen LogP contribution is 2.37. The molecule has 3 amide bonds. The molecule has 2 aromatic carbocycles. The number of hydrogen-bond donors (Lipinski definition) is 1. The van der Waals surface area contributed by atoms with E-state index in [4.69, 9.17) is 4.98 Å². The maximum absolute atomic E-state index is 13.9. The number of piperazine rings is 1. The summed E-state index contributed by atoms with van der Waals surface area (Å²) in [4.78, 5) is 59.3. The number of benzene rings is 2. The zero-order valence-electron chi connectivity index (χ0n) is 34.4. The Balaban J connectivity index is 0.938. The number of imide groups is 1. The molecule has 2 aromatic heterocycles. The Kier molecular flexibility index (Phi) is 13.8. The minimum absolute atomic E-state index is 0.116. The molecule has 0 radical (unpaired) electrons. The second kappa shape index (κ2) is 19.5. The van der Waals surface area contributed by atoms with E-state index >= 15 is 0 Å². The molecule has 4 heterocycles. The number of rotatable bonds is 17. The molecule has 2 aliphatic carbocycles. The monoisotopic (exact) mass is 837 g/mol. The lowest BCUT2D eigenvalue weighted by Gasteiger charge is -2.43. The second-order valence-electron chi connectivity index (χ2n) is 17.1. The van der Waals surface area contributed by atoms with Crippen LogP contribution in [0.25, 0.3) is 0 Å². The molecule has 0 unspecified atom stereocenters. The first-order chi connectivity index (χ1) is 29.2. The first-order valence-electron chi connectivity index (χ1n) is 21.9. The van der Waals surface area contributed by atoms with E-state index in [9.17, 15) is 23.2 Å². The molecule has 60 heavy (non-hydrogen) atoms. The molecule has 4 aromatic rings. The second-order valence-corrected chi connectivity index (χ2v) is 18.0. The van der Waals surface area contributed by atoms with Crippen molar-refractivity contribution in [2.75, 3.05) is 45.8 Å². The standard InChI is InChI=1S/C47H57F2N7O3S/c48-47(49)21-17-36(18-22-47)44(57)52-41(34-10-2-1-3-11-34)20-26-53-28-29-55(32-38-30-50-33-60-38)37(31-53)19-27-54(42-16-8-12-35-13-9-23-51-43(35)42)24-6-7-25-56-45(58)39-14-4-5-15-40(39)46(56)59/h1-5,9-11,13-15,23,30,33,36-37,41-42H,6-8,12,16-22,24-29,31-32H2,(H,52,57)/t37-,41-,42-/m0/s1. The summed E-state index contributed by atoms with van der Waals surface area (Å²) in [5.74, 6) is -3.57. The van der Waals surface area contributed by atoms with E-state index in [1.165, 1.54) is 21.0 Å². The minimum Gasteiger partial charge on any atom is -0.349 e. The van der Waals surface area contributed by atoms with Crippen LogP contribution in [-0.4, -0.2) is 105 Å². The van der Waals surface area contributed by atoms with Gasteiger partial charge in [0, 0.05) is 87.9 Å². The number of pyridine rings is 1. The van der Waals surface area contributed by atoms with Crippen LogP contribution in [0.3, 0.4) is 0 Å². The molecule has 1 N–H and O–H groups in total. The quantitative estimate of drug-likeness (QED) is 0.0846. The third-order valence-electron chi connectivity index (χ3n) is 13.2. The van der Waals surface area contributed by atoms with Crippen molar-refractivity contribution in [3.63, 3.8) is 0 Å². The third kappa shape index (κ3) is 10.2. The van der Waals surface area contributed by atoms with E-state index < -0.39 is 5.92 Å². The number of nitrogens with zero attached hydrogens (tertiary/aromatic N) is 6. The van der Waals surface area contributed by atoms with Gasteiger partial charge in [-0.3, -0.25) is 39.1 Å². The Morgan fingerprint density at radius 2 is 1.68 bits per heavy atom. The summed E-state index contributed by atoms with van der Waals surface area (Å²) in [6.45, 7) is 6.48. The molecule has 3 atom stereocenters. The molecule has 318 valence electrons. The summed E-state index contributed by atoms with van der Waals surface area (Å²) in [5, 5.41) is 3.28. The summed E-state index contributed by atoms with van der Waals surface area (Å²) in [6.07, 6.45) is 10.3. The van der Waals surface area contributed by atoms with Crippen LogP contribution in [0.15, 0.2) is 84.6 Å². The SMILES string of the molecule is O=C(N[C@@H](CCN1CCN(Cc2cncs2)[C@@H](CCN(CCCCN2C(=O)c3ccccc3C2=O)[C@H]2CCCc3cccnc32)C1)c1ccccc1)C1CCC(F)(F)CC1. The average Bonchev–Trinajstić information content (AvgIpc) is 3.87. The highest BCUT2D eigenvalue weighted by atomic mass is 32.1. The number of fused-ring (bicyclic) bond motifs is 2. The molecule has 1 saturated carbocycles. The van der Waals surface area contributed by atoms with E-state index in [0.717, 1.165) is 96.3 Å². The summed E-state index contributed by atoms with van der Waals surface area (Å²) in [7, 11) is 0. The van der Waals surface area contributed by atoms with E-state index in [1.807, 2.05) is 54.3 Å². The normalized spacial score (nSPS) is 21.6. The summed E-state index contributed by atoms with van der Waals surface area (Å²) >= 11 is 1.69. The molecule has 2 fully saturated rings. The Labute approximate surface area is 356 Å². The topological polar surface area (TPSA) is 102 Å². The van der Waals surface area contributed by atoms with E-state index in [1.54, 1.807) is 35.6 Å². The van der Waals surface area contributed by atoms with Crippen LogP contribution in [0.2, 0.25) is 0 Å². The van der Waals surface area contributed by atoms with E-state index in [-0.39, 0.29) is 67.4 Å². The van der Waals surface area contributed by atoms with Crippen LogP contribution in [0.4, 0.5) is 8.78 Å². The molecule has 13 heteroatoms. The fourth-order valence-corrected chi connectivity index (χ4v) is 10.4. The Hall–Kier alpha value is -4.43. The number of carbonyl (C=O) groups is 3. The van der Waals surface area contributed by atoms with Crippen LogP contribution in [0.1, 0.15) is 119 Å². The van der Waals surface area contributed by atoms with Crippen molar-refractivity contribution in [1.82, 2.24) is 34.9 Å². The van der Waals surface area contributed by atoms with Crippen LogP contribution < -0.4 is 5.32 Å². The van der Waals surface area contributed by atoms with Gasteiger partial charge in [-0.15, -0.1) is 11.3 Å². The van der Waals surface area contributed by atoms with Gasteiger partial charge in [0.25, 0.3) is 11.8 Å². The first kappa shape index (κ1) is 42.3. The summed E-state index contributed by atoms with van der Waals surface area (Å²) < 4.78 is 27.9. The van der Waals surface area contributed by atoms with Crippen LogP contribution >= 0.6 is 11.3 Å². The van der Waals surface area contributed by atoms with Crippen LogP contribution in [0.5, 0.6) is 0 Å². The highest BCUT2D eigenvalue weighted by molar-refractivity contribution is 7.09. The van der Waals surface area contributed by atoms with Gasteiger partial charge in [-0.25, -0.2) is 8.78 Å². The number of nitrogens with one attached hydrogen (secondary N) is 1. The zero-order valence-corrected chi connectivity index (χ0v) is 35.2. The van der Waals surface area contributed by atoms with E-state index in [2.05, 4.69) is 31.1 Å². The van der Waals surface area contributed by atoms with Crippen molar-refractivity contribution < 1.29 is 23.2 Å². The molecule has 1 saturated heterocycles. The fourth-order valence-electron chi connectivity index (χ4n) is 9.78. The number of halogens is 2. The number of amides is 3. The van der Waals surface area contributed by atoms with Gasteiger partial charge in [0.15, 0.2) is 0 Å². The number of aromatic nitrogens is 2. The maximum Gasteiger partial charge on any atom is 0.261 e. The lowest BCUT2D eigenvalue weighted by molar-refractivity contribution is -0.130. The Bertz CT molecular complexity index is 2030. The predicted molar refractivity (Wildman–Crippen MR) is 229 cm³/mol. The molecule has 0 spiro atoms. The number of thiazole rings is 1. The lowest BCUT2D eigenvalue weighted by Crippen LogP contribution is -2.54. The largest absolute Gasteiger partial charge is 0.349 e. The minimum atomic E-state index is -2.67. The van der Waals surface area contributed by atoms with E-state index in [0.29, 0.717) is 17.7 Å². The molecular formula is C47H57F2N7O3S. The zero-order chi connectivity index (χ0) is 41.5. The number of alkyl halides is 2. The molecule has 0 bridgehead atoms. The van der Waals surface area contributed by atoms with Gasteiger partial charge in [0.05, 0.1) is 34.4 Å². The van der Waals surface area contributed by atoms with Gasteiger partial charge in [-0.05, 0) is 93.7 Å². The van der Waals surface area contributed by atoms with Gasteiger partial charge < -0.3 is 10.2 Å². The molecule has 4 aliphatic rings. The Morgan fingerprint density at radius 3 is 2.43 bits per heavy atom. The van der Waals surface area contributed by atoms with Crippen molar-refractivity contribution >= 4 is 29.1 Å². The van der Waals surface area contributed by atoms with Gasteiger partial charge in [0.2, 0.25) is 11.8 Å². The van der Waals surface area contributed by atoms with Crippen molar-refractivity contribution in [1.29, 1.82) is 0 Å². The van der Waals surface area contributed by atoms with Crippen molar-refractivity contribution in [2.45, 2.75) is 101 Å². The fraction of sp³-hybridized carbons (Fsp3) is 0.511. The number of unbranched alkanes of at least 4 members (excludes halogenated alkanes) is 1. The summed E-state index contributed by atoms with van der Waals surface area (Å²) in [5.41, 5.74) is 6.41. The molecule has 2 aliphatic heterocycles. The average molecular weight is 838 g/mol. The number of aryl methyl sites for hydroxylation is 1. The van der Waals surface area contributed by atoms with Crippen LogP contribution in [-0.2, 0) is 17.8 Å². The predicted octanol–water partition coefficient (Wildman–Crippen LogP) is 7.94. The maximum atomic E-state index is 13.9. The van der Waals surface area contributed by atoms with Gasteiger partial charge in [-0.1, -0.05) is 48.5 Å². The summed E-state index contributed by atoms with van der Waals surface area (Å²) in [6, 6.07) is 21.6. The van der Waals surface area contributed by atoms with Gasteiger partial charge >= 0.3 is 0 Å². The van der Waals surface area contributed by atoms with Crippen molar-refractivity contribution in [3.8, 4) is 0 Å². The molecular weight excluding hydrogens is 781 g/mol. The smallest absolute Gasteiger partial charge is 0.261 e. The first-order valence-corrected chi connectivity index (χ1v) is 22.8. The van der Waals surface area contributed by atoms with Gasteiger partial charge in [0.1, 0.15) is 0 Å². The Morgan fingerprint density at radius 1 is 0.917 bits per heavy atom. The van der Waals surface area contributed by atoms with Crippen molar-refractivity contribution in [3.05, 3.63) is 117 Å². The highest BCUT2D eigenvalue weighted by Gasteiger charge is 2.39. The molecule has 8 rings (SSSR count). The van der Waals surface area contributed by atoms with Crippen LogP contribution in [0, 0.1) is 5.92 Å².